The molecule has 1 fully saturated rings. The summed E-state index contributed by atoms with van der Waals surface area (Å²) in [5, 5.41) is 9.38. The Morgan fingerprint density at radius 3 is 2.48 bits per heavy atom. The lowest BCUT2D eigenvalue weighted by molar-refractivity contribution is 0.0938. The Morgan fingerprint density at radius 2 is 1.83 bits per heavy atom. The van der Waals surface area contributed by atoms with E-state index in [-0.39, 0.29) is 17.9 Å². The van der Waals surface area contributed by atoms with E-state index in [1.165, 1.54) is 0 Å². The number of nitrogens with zero attached hydrogens (tertiary/aromatic N) is 1. The molecule has 0 atom stereocenters. The van der Waals surface area contributed by atoms with Gasteiger partial charge in [0.05, 0.1) is 0 Å². The second kappa shape index (κ2) is 6.64. The van der Waals surface area contributed by atoms with Crippen molar-refractivity contribution in [3.63, 3.8) is 0 Å². The zero-order valence-corrected chi connectivity index (χ0v) is 13.0. The molecule has 23 heavy (non-hydrogen) atoms. The van der Waals surface area contributed by atoms with E-state index in [1.807, 2.05) is 0 Å². The van der Waals surface area contributed by atoms with Gasteiger partial charge in [0.25, 0.3) is 11.8 Å². The molecule has 3 rings (SSSR count). The zero-order valence-electron chi connectivity index (χ0n) is 13.0. The minimum Gasteiger partial charge on any atom is -0.360 e. The number of aromatic nitrogens is 1. The van der Waals surface area contributed by atoms with E-state index in [0.717, 1.165) is 25.7 Å². The summed E-state index contributed by atoms with van der Waals surface area (Å²) in [4.78, 5) is 24.5. The van der Waals surface area contributed by atoms with Crippen LogP contribution in [0.4, 0.5) is 5.82 Å². The number of rotatable bonds is 4. The highest BCUT2D eigenvalue weighted by molar-refractivity contribution is 6.05. The molecule has 0 bridgehead atoms. The molecule has 0 radical (unpaired) electrons. The first kappa shape index (κ1) is 15.3. The summed E-state index contributed by atoms with van der Waals surface area (Å²) in [5.41, 5.74) is 0.894. The van der Waals surface area contributed by atoms with Gasteiger partial charge in [0.1, 0.15) is 5.76 Å². The number of amides is 2. The van der Waals surface area contributed by atoms with Gasteiger partial charge in [-0.3, -0.25) is 9.59 Å². The van der Waals surface area contributed by atoms with E-state index in [1.54, 1.807) is 37.3 Å². The molecule has 1 aliphatic rings. The van der Waals surface area contributed by atoms with Crippen LogP contribution in [0.3, 0.4) is 0 Å². The molecule has 1 saturated carbocycles. The van der Waals surface area contributed by atoms with Crippen molar-refractivity contribution in [2.75, 3.05) is 5.32 Å². The topological polar surface area (TPSA) is 84.2 Å². The van der Waals surface area contributed by atoms with Crippen molar-refractivity contribution in [2.45, 2.75) is 38.6 Å². The van der Waals surface area contributed by atoms with Gasteiger partial charge in [-0.25, -0.2) is 0 Å². The molecule has 1 aliphatic carbocycles. The van der Waals surface area contributed by atoms with Crippen LogP contribution in [0.25, 0.3) is 0 Å². The fourth-order valence-electron chi connectivity index (χ4n) is 2.75. The first-order chi connectivity index (χ1) is 11.1. The fraction of sp³-hybridized carbons (Fsp3) is 0.353. The van der Waals surface area contributed by atoms with Gasteiger partial charge in [0.2, 0.25) is 0 Å². The van der Waals surface area contributed by atoms with Gasteiger partial charge in [-0.05, 0) is 38.0 Å². The third kappa shape index (κ3) is 3.77. The molecule has 1 aromatic carbocycles. The van der Waals surface area contributed by atoms with Crippen molar-refractivity contribution < 1.29 is 14.1 Å². The molecule has 2 aromatic rings. The third-order valence-electron chi connectivity index (χ3n) is 3.95. The van der Waals surface area contributed by atoms with Crippen molar-refractivity contribution in [3.8, 4) is 0 Å². The average Bonchev–Trinajstić information content (AvgIpc) is 3.19. The van der Waals surface area contributed by atoms with Gasteiger partial charge in [-0.1, -0.05) is 24.1 Å². The Hall–Kier alpha value is -2.63. The lowest BCUT2D eigenvalue weighted by Gasteiger charge is -2.12. The van der Waals surface area contributed by atoms with Crippen LogP contribution in [0.1, 0.15) is 52.2 Å². The maximum atomic E-state index is 12.3. The van der Waals surface area contributed by atoms with Crippen LogP contribution in [0, 0.1) is 6.92 Å². The van der Waals surface area contributed by atoms with E-state index in [2.05, 4.69) is 15.8 Å². The number of aryl methyl sites for hydroxylation is 1. The van der Waals surface area contributed by atoms with E-state index >= 15 is 0 Å². The van der Waals surface area contributed by atoms with Crippen molar-refractivity contribution in [1.82, 2.24) is 10.5 Å². The van der Waals surface area contributed by atoms with E-state index in [0.29, 0.717) is 22.7 Å². The average molecular weight is 313 g/mol. The maximum Gasteiger partial charge on any atom is 0.256 e. The molecule has 0 spiro atoms. The van der Waals surface area contributed by atoms with Gasteiger partial charge in [-0.2, -0.15) is 0 Å². The summed E-state index contributed by atoms with van der Waals surface area (Å²) in [6.07, 6.45) is 4.36. The lowest BCUT2D eigenvalue weighted by Crippen LogP contribution is -2.32. The quantitative estimate of drug-likeness (QED) is 0.909. The summed E-state index contributed by atoms with van der Waals surface area (Å²) in [6, 6.07) is 8.54. The molecule has 1 heterocycles. The minimum absolute atomic E-state index is 0.135. The van der Waals surface area contributed by atoms with Crippen LogP contribution in [-0.2, 0) is 0 Å². The highest BCUT2D eigenvalue weighted by atomic mass is 16.5. The first-order valence-corrected chi connectivity index (χ1v) is 7.77. The molecule has 0 unspecified atom stereocenters. The zero-order chi connectivity index (χ0) is 16.2. The summed E-state index contributed by atoms with van der Waals surface area (Å²) in [5.74, 6) is 0.510. The molecule has 0 aliphatic heterocycles. The molecule has 0 saturated heterocycles. The normalized spacial score (nSPS) is 14.7. The Bertz CT molecular complexity index is 717. The number of nitrogens with one attached hydrogen (secondary N) is 2. The minimum atomic E-state index is -0.325. The summed E-state index contributed by atoms with van der Waals surface area (Å²) in [6.45, 7) is 1.75. The Kier molecular flexibility index (Phi) is 4.41. The van der Waals surface area contributed by atoms with Crippen LogP contribution < -0.4 is 10.6 Å². The predicted molar refractivity (Wildman–Crippen MR) is 85.4 cm³/mol. The van der Waals surface area contributed by atoms with Crippen LogP contribution in [0.2, 0.25) is 0 Å². The number of benzene rings is 1. The second-order valence-electron chi connectivity index (χ2n) is 5.81. The molecular weight excluding hydrogens is 294 g/mol. The second-order valence-corrected chi connectivity index (χ2v) is 5.81. The van der Waals surface area contributed by atoms with E-state index < -0.39 is 0 Å². The molecular formula is C17H19N3O3. The van der Waals surface area contributed by atoms with E-state index in [4.69, 9.17) is 4.52 Å². The van der Waals surface area contributed by atoms with Gasteiger partial charge in [0.15, 0.2) is 5.82 Å². The Balaban J connectivity index is 1.68. The van der Waals surface area contributed by atoms with Crippen LogP contribution in [-0.4, -0.2) is 23.0 Å². The monoisotopic (exact) mass is 313 g/mol. The van der Waals surface area contributed by atoms with Gasteiger partial charge < -0.3 is 15.2 Å². The number of hydrogen-bond donors (Lipinski definition) is 2. The lowest BCUT2D eigenvalue weighted by atomic mass is 10.1. The molecule has 2 N–H and O–H groups in total. The number of hydrogen-bond acceptors (Lipinski definition) is 4. The summed E-state index contributed by atoms with van der Waals surface area (Å²) >= 11 is 0. The molecule has 2 amide bonds. The maximum absolute atomic E-state index is 12.3. The largest absolute Gasteiger partial charge is 0.360 e. The number of anilines is 1. The van der Waals surface area contributed by atoms with Crippen molar-refractivity contribution in [3.05, 3.63) is 47.2 Å². The Labute approximate surface area is 134 Å². The van der Waals surface area contributed by atoms with Gasteiger partial charge >= 0.3 is 0 Å². The van der Waals surface area contributed by atoms with Crippen molar-refractivity contribution >= 4 is 17.6 Å². The third-order valence-corrected chi connectivity index (χ3v) is 3.95. The summed E-state index contributed by atoms with van der Waals surface area (Å²) in [7, 11) is 0. The molecule has 1 aromatic heterocycles. The van der Waals surface area contributed by atoms with E-state index in [9.17, 15) is 9.59 Å². The molecule has 6 heteroatoms. The van der Waals surface area contributed by atoms with Crippen molar-refractivity contribution in [2.24, 2.45) is 0 Å². The van der Waals surface area contributed by atoms with Gasteiger partial charge in [0, 0.05) is 23.2 Å². The van der Waals surface area contributed by atoms with Crippen LogP contribution >= 0.6 is 0 Å². The fourth-order valence-corrected chi connectivity index (χ4v) is 2.75. The standard InChI is InChI=1S/C17H19N3O3/c1-11-9-15(20-23-11)19-17(22)13-6-4-5-12(10-13)16(21)18-14-7-2-3-8-14/h4-6,9-10,14H,2-3,7-8H2,1H3,(H,18,21)(H,19,20,22). The SMILES string of the molecule is Cc1cc(NC(=O)c2cccc(C(=O)NC3CCCC3)c2)no1. The Morgan fingerprint density at radius 1 is 1.13 bits per heavy atom. The van der Waals surface area contributed by atoms with Crippen molar-refractivity contribution in [1.29, 1.82) is 0 Å². The molecule has 6 nitrogen and oxygen atoms in total. The number of carbonyl (C=O) groups excluding carboxylic acids is 2. The highest BCUT2D eigenvalue weighted by Gasteiger charge is 2.18. The first-order valence-electron chi connectivity index (χ1n) is 7.77. The van der Waals surface area contributed by atoms with Crippen LogP contribution in [0.15, 0.2) is 34.9 Å². The predicted octanol–water partition coefficient (Wildman–Crippen LogP) is 2.91. The molecule has 120 valence electrons. The highest BCUT2D eigenvalue weighted by Crippen LogP contribution is 2.18. The number of carbonyl (C=O) groups is 2. The van der Waals surface area contributed by atoms with Gasteiger partial charge in [-0.15, -0.1) is 0 Å². The summed E-state index contributed by atoms with van der Waals surface area (Å²) < 4.78 is 4.91. The van der Waals surface area contributed by atoms with Crippen LogP contribution in [0.5, 0.6) is 0 Å². The smallest absolute Gasteiger partial charge is 0.256 e.